The molecular weight excluding hydrogens is 233 g/mol. The first-order valence-corrected chi connectivity index (χ1v) is 5.97. The van der Waals surface area contributed by atoms with Crippen LogP contribution in [0.5, 0.6) is 0 Å². The van der Waals surface area contributed by atoms with Gasteiger partial charge >= 0.3 is 0 Å². The van der Waals surface area contributed by atoms with E-state index < -0.39 is 0 Å². The number of anilines is 1. The molecule has 3 rings (SSSR count). The molecule has 2 aromatic rings. The summed E-state index contributed by atoms with van der Waals surface area (Å²) in [5.74, 6) is 0.0949. The average Bonchev–Trinajstić information content (AvgIpc) is 2.97. The minimum Gasteiger partial charge on any atom is -0.382 e. The Hall–Kier alpha value is -1.88. The van der Waals surface area contributed by atoms with Crippen molar-refractivity contribution in [2.75, 3.05) is 12.3 Å². The largest absolute Gasteiger partial charge is 0.382 e. The first-order valence-electron chi connectivity index (χ1n) is 5.97. The molecule has 0 saturated carbocycles. The Morgan fingerprint density at radius 2 is 2.33 bits per heavy atom. The number of H-pyrrole nitrogens is 1. The maximum Gasteiger partial charge on any atom is 0.153 e. The molecule has 1 unspecified atom stereocenters. The van der Waals surface area contributed by atoms with Gasteiger partial charge in [-0.2, -0.15) is 5.10 Å². The van der Waals surface area contributed by atoms with Crippen LogP contribution in [0.4, 0.5) is 10.2 Å². The topological polar surface area (TPSA) is 63.9 Å². The number of aromatic nitrogens is 2. The summed E-state index contributed by atoms with van der Waals surface area (Å²) in [5, 5.41) is 6.93. The van der Waals surface area contributed by atoms with Crippen LogP contribution < -0.4 is 5.73 Å². The van der Waals surface area contributed by atoms with Gasteiger partial charge in [0.15, 0.2) is 5.82 Å². The lowest BCUT2D eigenvalue weighted by atomic mass is 10.0. The predicted octanol–water partition coefficient (Wildman–Crippen LogP) is 2.65. The standard InChI is InChI=1S/C13H14FN3O/c14-9-4-1-3-8(7-9)11-12(16-17-13(11)15)10-5-2-6-18-10/h1,3-4,7,10H,2,5-6H2,(H3,15,16,17). The molecule has 0 radical (unpaired) electrons. The fraction of sp³-hybridized carbons (Fsp3) is 0.308. The molecule has 1 aromatic heterocycles. The van der Waals surface area contributed by atoms with E-state index in [2.05, 4.69) is 10.2 Å². The fourth-order valence-corrected chi connectivity index (χ4v) is 2.36. The highest BCUT2D eigenvalue weighted by atomic mass is 19.1. The molecule has 2 heterocycles. The second kappa shape index (κ2) is 4.42. The lowest BCUT2D eigenvalue weighted by molar-refractivity contribution is 0.109. The molecule has 1 aliphatic heterocycles. The van der Waals surface area contributed by atoms with Gasteiger partial charge in [-0.3, -0.25) is 5.10 Å². The molecule has 1 aromatic carbocycles. The summed E-state index contributed by atoms with van der Waals surface area (Å²) in [4.78, 5) is 0. The highest BCUT2D eigenvalue weighted by Gasteiger charge is 2.25. The monoisotopic (exact) mass is 247 g/mol. The minimum atomic E-state index is -0.286. The molecule has 0 amide bonds. The zero-order valence-corrected chi connectivity index (χ0v) is 9.82. The second-order valence-electron chi connectivity index (χ2n) is 4.41. The normalized spacial score (nSPS) is 19.3. The van der Waals surface area contributed by atoms with Crippen LogP contribution in [-0.2, 0) is 4.74 Å². The molecule has 94 valence electrons. The van der Waals surface area contributed by atoms with E-state index in [1.807, 2.05) is 6.07 Å². The zero-order valence-electron chi connectivity index (χ0n) is 9.82. The van der Waals surface area contributed by atoms with Crippen LogP contribution in [0.2, 0.25) is 0 Å². The molecule has 5 heteroatoms. The first kappa shape index (κ1) is 11.2. The number of hydrogen-bond donors (Lipinski definition) is 2. The third kappa shape index (κ3) is 1.86. The van der Waals surface area contributed by atoms with E-state index in [0.717, 1.165) is 36.3 Å². The van der Waals surface area contributed by atoms with Gasteiger partial charge in [0.1, 0.15) is 5.82 Å². The molecule has 1 atom stereocenters. The van der Waals surface area contributed by atoms with Gasteiger partial charge in [-0.05, 0) is 30.5 Å². The Balaban J connectivity index is 2.07. The van der Waals surface area contributed by atoms with Crippen LogP contribution in [0.25, 0.3) is 11.1 Å². The van der Waals surface area contributed by atoms with E-state index in [1.165, 1.54) is 12.1 Å². The van der Waals surface area contributed by atoms with Gasteiger partial charge in [0.2, 0.25) is 0 Å². The molecule has 1 aliphatic rings. The van der Waals surface area contributed by atoms with Crippen molar-refractivity contribution in [3.8, 4) is 11.1 Å². The molecule has 0 aliphatic carbocycles. The number of nitrogens with two attached hydrogens (primary N) is 1. The van der Waals surface area contributed by atoms with Gasteiger partial charge in [-0.1, -0.05) is 12.1 Å². The van der Waals surface area contributed by atoms with E-state index in [0.29, 0.717) is 5.82 Å². The molecule has 0 spiro atoms. The highest BCUT2D eigenvalue weighted by Crippen LogP contribution is 2.37. The lowest BCUT2D eigenvalue weighted by Crippen LogP contribution is -1.99. The van der Waals surface area contributed by atoms with Gasteiger partial charge in [0.05, 0.1) is 11.8 Å². The van der Waals surface area contributed by atoms with E-state index in [1.54, 1.807) is 6.07 Å². The van der Waals surface area contributed by atoms with Crippen LogP contribution in [0.3, 0.4) is 0 Å². The Bertz CT molecular complexity index is 561. The van der Waals surface area contributed by atoms with Gasteiger partial charge in [0, 0.05) is 12.2 Å². The van der Waals surface area contributed by atoms with Crippen molar-refractivity contribution >= 4 is 5.82 Å². The summed E-state index contributed by atoms with van der Waals surface area (Å²) in [5.41, 5.74) is 8.19. The number of nitrogen functional groups attached to an aromatic ring is 1. The number of benzene rings is 1. The number of ether oxygens (including phenoxy) is 1. The summed E-state index contributed by atoms with van der Waals surface area (Å²) in [7, 11) is 0. The van der Waals surface area contributed by atoms with Crippen molar-refractivity contribution in [3.63, 3.8) is 0 Å². The Morgan fingerprint density at radius 3 is 3.06 bits per heavy atom. The minimum absolute atomic E-state index is 0.0203. The quantitative estimate of drug-likeness (QED) is 0.857. The van der Waals surface area contributed by atoms with Crippen molar-refractivity contribution < 1.29 is 9.13 Å². The maximum atomic E-state index is 13.3. The smallest absolute Gasteiger partial charge is 0.153 e. The van der Waals surface area contributed by atoms with Gasteiger partial charge in [-0.25, -0.2) is 4.39 Å². The fourth-order valence-electron chi connectivity index (χ4n) is 2.36. The van der Waals surface area contributed by atoms with Gasteiger partial charge < -0.3 is 10.5 Å². The summed E-state index contributed by atoms with van der Waals surface area (Å²) in [6, 6.07) is 6.35. The van der Waals surface area contributed by atoms with Crippen LogP contribution in [0.15, 0.2) is 24.3 Å². The van der Waals surface area contributed by atoms with Crippen molar-refractivity contribution in [2.45, 2.75) is 18.9 Å². The summed E-state index contributed by atoms with van der Waals surface area (Å²) >= 11 is 0. The highest BCUT2D eigenvalue weighted by molar-refractivity contribution is 5.76. The SMILES string of the molecule is Nc1n[nH]c(C2CCCO2)c1-c1cccc(F)c1. The number of halogens is 1. The zero-order chi connectivity index (χ0) is 12.5. The number of rotatable bonds is 2. The molecule has 18 heavy (non-hydrogen) atoms. The van der Waals surface area contributed by atoms with E-state index >= 15 is 0 Å². The molecule has 1 fully saturated rings. The Labute approximate surface area is 104 Å². The molecule has 4 nitrogen and oxygen atoms in total. The summed E-state index contributed by atoms with van der Waals surface area (Å²) in [6.45, 7) is 0.742. The number of nitrogens with zero attached hydrogens (tertiary/aromatic N) is 1. The van der Waals surface area contributed by atoms with Crippen molar-refractivity contribution in [1.29, 1.82) is 0 Å². The third-order valence-electron chi connectivity index (χ3n) is 3.19. The van der Waals surface area contributed by atoms with E-state index in [4.69, 9.17) is 10.5 Å². The predicted molar refractivity (Wildman–Crippen MR) is 66.3 cm³/mol. The number of nitrogens with one attached hydrogen (secondary N) is 1. The van der Waals surface area contributed by atoms with E-state index in [9.17, 15) is 4.39 Å². The molecule has 0 bridgehead atoms. The van der Waals surface area contributed by atoms with Crippen molar-refractivity contribution in [3.05, 3.63) is 35.8 Å². The second-order valence-corrected chi connectivity index (χ2v) is 4.41. The van der Waals surface area contributed by atoms with Crippen LogP contribution in [0, 0.1) is 5.82 Å². The maximum absolute atomic E-state index is 13.3. The van der Waals surface area contributed by atoms with Crippen LogP contribution in [-0.4, -0.2) is 16.8 Å². The first-order chi connectivity index (χ1) is 8.75. The van der Waals surface area contributed by atoms with Gasteiger partial charge in [0.25, 0.3) is 0 Å². The molecule has 3 N–H and O–H groups in total. The third-order valence-corrected chi connectivity index (χ3v) is 3.19. The van der Waals surface area contributed by atoms with Crippen LogP contribution in [0.1, 0.15) is 24.6 Å². The summed E-state index contributed by atoms with van der Waals surface area (Å²) < 4.78 is 18.9. The average molecular weight is 247 g/mol. The lowest BCUT2D eigenvalue weighted by Gasteiger charge is -2.10. The van der Waals surface area contributed by atoms with E-state index in [-0.39, 0.29) is 11.9 Å². The Morgan fingerprint density at radius 1 is 1.44 bits per heavy atom. The van der Waals surface area contributed by atoms with Crippen LogP contribution >= 0.6 is 0 Å². The Kier molecular flexibility index (Phi) is 2.76. The number of aromatic amines is 1. The molecule has 1 saturated heterocycles. The van der Waals surface area contributed by atoms with Gasteiger partial charge in [-0.15, -0.1) is 0 Å². The van der Waals surface area contributed by atoms with Crippen molar-refractivity contribution in [2.24, 2.45) is 0 Å². The molecular formula is C13H14FN3O. The summed E-state index contributed by atoms with van der Waals surface area (Å²) in [6.07, 6.45) is 1.93. The van der Waals surface area contributed by atoms with Crippen molar-refractivity contribution in [1.82, 2.24) is 10.2 Å². The number of hydrogen-bond acceptors (Lipinski definition) is 3.